The summed E-state index contributed by atoms with van der Waals surface area (Å²) >= 11 is 0. The number of alkyl halides is 3. The summed E-state index contributed by atoms with van der Waals surface area (Å²) in [6.07, 6.45) is -6.75. The van der Waals surface area contributed by atoms with Crippen molar-refractivity contribution >= 4 is 17.9 Å². The molecule has 5 rings (SSSR count). The molecule has 0 heterocycles. The molecule has 318 valence electrons. The van der Waals surface area contributed by atoms with Gasteiger partial charge >= 0.3 is 24.1 Å². The first kappa shape index (κ1) is 46.2. The van der Waals surface area contributed by atoms with Crippen LogP contribution in [0.5, 0.6) is 23.0 Å². The Bertz CT molecular complexity index is 2160. The van der Waals surface area contributed by atoms with Crippen molar-refractivity contribution < 1.29 is 61.1 Å². The average Bonchev–Trinajstić information content (AvgIpc) is 3.20. The number of ether oxygens (including phenoxy) is 6. The summed E-state index contributed by atoms with van der Waals surface area (Å²) in [4.78, 5) is 37.4. The Kier molecular flexibility index (Phi) is 16.1. The number of phenols is 1. The number of carbonyl (C=O) groups is 3. The normalized spacial score (nSPS) is 13.5. The summed E-state index contributed by atoms with van der Waals surface area (Å²) in [5.41, 5.74) is 0.424. The third-order valence-electron chi connectivity index (χ3n) is 8.91. The quantitative estimate of drug-likeness (QED) is 0.0759. The van der Waals surface area contributed by atoms with Crippen LogP contribution in [0.1, 0.15) is 61.6 Å². The molecule has 3 atom stereocenters. The molecule has 5 aromatic carbocycles. The van der Waals surface area contributed by atoms with Gasteiger partial charge in [0.15, 0.2) is 6.10 Å². The molecule has 0 aliphatic rings. The summed E-state index contributed by atoms with van der Waals surface area (Å²) in [5.74, 6) is -2.45. The highest BCUT2D eigenvalue weighted by Crippen LogP contribution is 2.38. The number of phenolic OH excluding ortho intramolecular Hbond substituents is 1. The first-order valence-electron chi connectivity index (χ1n) is 19.1. The van der Waals surface area contributed by atoms with Crippen molar-refractivity contribution in [3.8, 4) is 23.0 Å². The SMILES string of the molecule is CCOC(=O)C(C)(Cc1ccc(O)cc1)Oc1cccc(C)c1.CCOC(=O)C(C)(Oc1cccc(C)c1)C(OC(=O)C(F)(F)F)c1ccc(OCc2ccccc2)cc1. The first-order valence-corrected chi connectivity index (χ1v) is 19.1. The number of aromatic hydroxyl groups is 1. The lowest BCUT2D eigenvalue weighted by Crippen LogP contribution is -2.50. The third kappa shape index (κ3) is 13.3. The van der Waals surface area contributed by atoms with E-state index in [9.17, 15) is 32.7 Å². The molecule has 3 unspecified atom stereocenters. The largest absolute Gasteiger partial charge is 0.508 e. The van der Waals surface area contributed by atoms with Crippen LogP contribution in [0.2, 0.25) is 0 Å². The van der Waals surface area contributed by atoms with E-state index in [1.165, 1.54) is 37.3 Å². The van der Waals surface area contributed by atoms with Gasteiger partial charge in [-0.1, -0.05) is 78.9 Å². The van der Waals surface area contributed by atoms with E-state index in [-0.39, 0.29) is 30.3 Å². The Balaban J connectivity index is 0.000000295. The fourth-order valence-electron chi connectivity index (χ4n) is 5.93. The van der Waals surface area contributed by atoms with Crippen LogP contribution in [0.3, 0.4) is 0 Å². The van der Waals surface area contributed by atoms with Crippen molar-refractivity contribution in [2.24, 2.45) is 0 Å². The van der Waals surface area contributed by atoms with E-state index in [4.69, 9.17) is 28.4 Å². The molecule has 0 saturated heterocycles. The monoisotopic (exact) mass is 830 g/mol. The zero-order chi connectivity index (χ0) is 43.9. The second kappa shape index (κ2) is 21.0. The topological polar surface area (TPSA) is 127 Å². The molecule has 0 aliphatic carbocycles. The molecular formula is C47H49F3O10. The second-order valence-corrected chi connectivity index (χ2v) is 14.1. The second-order valence-electron chi connectivity index (χ2n) is 14.1. The molecule has 0 saturated carbocycles. The van der Waals surface area contributed by atoms with Gasteiger partial charge in [0.25, 0.3) is 0 Å². The Morgan fingerprint density at radius 3 is 1.70 bits per heavy atom. The summed E-state index contributed by atoms with van der Waals surface area (Å²) in [5, 5.41) is 9.39. The van der Waals surface area contributed by atoms with Crippen molar-refractivity contribution in [2.75, 3.05) is 13.2 Å². The molecule has 0 spiro atoms. The molecule has 10 nitrogen and oxygen atoms in total. The molecule has 5 aromatic rings. The number of benzene rings is 5. The van der Waals surface area contributed by atoms with Gasteiger partial charge in [0.05, 0.1) is 13.2 Å². The van der Waals surface area contributed by atoms with Crippen LogP contribution < -0.4 is 14.2 Å². The van der Waals surface area contributed by atoms with Gasteiger partial charge < -0.3 is 33.5 Å². The van der Waals surface area contributed by atoms with Gasteiger partial charge in [0.1, 0.15) is 29.6 Å². The lowest BCUT2D eigenvalue weighted by Gasteiger charge is -2.35. The van der Waals surface area contributed by atoms with E-state index in [0.29, 0.717) is 24.5 Å². The standard InChI is InChI=1S/C28H27F3O6.C19H22O4/c1-4-34-25(32)27(3,37-23-12-8-9-19(2)17-23)24(36-26(33)28(29,30)31)21-13-15-22(16-14-21)35-18-20-10-6-5-7-11-20;1-4-22-18(21)19(3,13-15-8-10-16(20)11-9-15)23-17-7-5-6-14(2)12-17/h5-17,24H,4,18H2,1-3H3;5-12,20H,4,13H2,1-3H3. The van der Waals surface area contributed by atoms with E-state index in [1.807, 2.05) is 61.5 Å². The van der Waals surface area contributed by atoms with Crippen LogP contribution in [0.15, 0.2) is 127 Å². The number of halogens is 3. The van der Waals surface area contributed by atoms with Crippen LogP contribution >= 0.6 is 0 Å². The number of esters is 3. The number of aryl methyl sites for hydroxylation is 2. The zero-order valence-corrected chi connectivity index (χ0v) is 34.3. The van der Waals surface area contributed by atoms with Crippen molar-refractivity contribution in [3.05, 3.63) is 155 Å². The first-order chi connectivity index (χ1) is 28.4. The van der Waals surface area contributed by atoms with Crippen molar-refractivity contribution in [1.82, 2.24) is 0 Å². The van der Waals surface area contributed by atoms with E-state index >= 15 is 0 Å². The molecule has 0 radical (unpaired) electrons. The number of carbonyl (C=O) groups excluding carboxylic acids is 3. The fraction of sp³-hybridized carbons (Fsp3) is 0.298. The van der Waals surface area contributed by atoms with Crippen LogP contribution in [-0.4, -0.2) is 53.6 Å². The zero-order valence-electron chi connectivity index (χ0n) is 34.3. The number of hydrogen-bond acceptors (Lipinski definition) is 10. The van der Waals surface area contributed by atoms with Gasteiger partial charge in [0, 0.05) is 6.42 Å². The Morgan fingerprint density at radius 2 is 1.17 bits per heavy atom. The van der Waals surface area contributed by atoms with Crippen molar-refractivity contribution in [1.29, 1.82) is 0 Å². The van der Waals surface area contributed by atoms with E-state index in [2.05, 4.69) is 0 Å². The maximum Gasteiger partial charge on any atom is 0.490 e. The van der Waals surface area contributed by atoms with Crippen LogP contribution in [0.25, 0.3) is 0 Å². The average molecular weight is 831 g/mol. The van der Waals surface area contributed by atoms with Crippen LogP contribution in [-0.2, 0) is 41.6 Å². The molecule has 0 amide bonds. The minimum Gasteiger partial charge on any atom is -0.508 e. The van der Waals surface area contributed by atoms with Gasteiger partial charge in [-0.2, -0.15) is 13.2 Å². The highest BCUT2D eigenvalue weighted by molar-refractivity contribution is 5.83. The Hall–Kier alpha value is -6.50. The molecule has 1 N–H and O–H groups in total. The van der Waals surface area contributed by atoms with Gasteiger partial charge in [-0.05, 0) is 118 Å². The Labute approximate surface area is 347 Å². The van der Waals surface area contributed by atoms with E-state index in [0.717, 1.165) is 22.3 Å². The van der Waals surface area contributed by atoms with Gasteiger partial charge in [0.2, 0.25) is 11.2 Å². The summed E-state index contributed by atoms with van der Waals surface area (Å²) in [6.45, 7) is 10.5. The van der Waals surface area contributed by atoms with Crippen molar-refractivity contribution in [2.45, 2.75) is 78.1 Å². The van der Waals surface area contributed by atoms with Gasteiger partial charge in [-0.3, -0.25) is 0 Å². The maximum atomic E-state index is 13.2. The number of rotatable bonds is 16. The minimum absolute atomic E-state index is 0.0716. The smallest absolute Gasteiger partial charge is 0.490 e. The predicted molar refractivity (Wildman–Crippen MR) is 218 cm³/mol. The molecular weight excluding hydrogens is 782 g/mol. The maximum absolute atomic E-state index is 13.2. The summed E-state index contributed by atoms with van der Waals surface area (Å²) in [6, 6.07) is 36.1. The lowest BCUT2D eigenvalue weighted by molar-refractivity contribution is -0.216. The highest BCUT2D eigenvalue weighted by atomic mass is 19.4. The van der Waals surface area contributed by atoms with Crippen molar-refractivity contribution in [3.63, 3.8) is 0 Å². The molecule has 13 heteroatoms. The highest BCUT2D eigenvalue weighted by Gasteiger charge is 2.52. The van der Waals surface area contributed by atoms with E-state index < -0.39 is 41.4 Å². The van der Waals surface area contributed by atoms with Gasteiger partial charge in [-0.25, -0.2) is 14.4 Å². The summed E-state index contributed by atoms with van der Waals surface area (Å²) < 4.78 is 72.5. The minimum atomic E-state index is -5.30. The molecule has 0 bridgehead atoms. The molecule has 0 aliphatic heterocycles. The van der Waals surface area contributed by atoms with Crippen LogP contribution in [0, 0.1) is 13.8 Å². The molecule has 0 aromatic heterocycles. The molecule has 0 fully saturated rings. The Morgan fingerprint density at radius 1 is 0.617 bits per heavy atom. The third-order valence-corrected chi connectivity index (χ3v) is 8.91. The van der Waals surface area contributed by atoms with E-state index in [1.54, 1.807) is 70.2 Å². The summed E-state index contributed by atoms with van der Waals surface area (Å²) in [7, 11) is 0. The molecule has 60 heavy (non-hydrogen) atoms. The predicted octanol–water partition coefficient (Wildman–Crippen LogP) is 9.77. The van der Waals surface area contributed by atoms with Crippen LogP contribution in [0.4, 0.5) is 13.2 Å². The number of hydrogen-bond donors (Lipinski definition) is 1. The fourth-order valence-corrected chi connectivity index (χ4v) is 5.93. The van der Waals surface area contributed by atoms with Gasteiger partial charge in [-0.15, -0.1) is 0 Å². The lowest BCUT2D eigenvalue weighted by atomic mass is 9.91.